The minimum absolute atomic E-state index is 0.0420. The molecular formula is C18H16BrNO5S. The lowest BCUT2D eigenvalue weighted by atomic mass is 10.0. The summed E-state index contributed by atoms with van der Waals surface area (Å²) in [6.45, 7) is 0.0420. The number of benzene rings is 1. The predicted molar refractivity (Wildman–Crippen MR) is 98.7 cm³/mol. The molecule has 0 radical (unpaired) electrons. The van der Waals surface area contributed by atoms with Crippen LogP contribution in [0, 0.1) is 5.92 Å². The average Bonchev–Trinajstić information content (AvgIpc) is 3.17. The fourth-order valence-corrected chi connectivity index (χ4v) is 4.49. The Bertz CT molecular complexity index is 822. The number of rotatable bonds is 5. The first kappa shape index (κ1) is 18.6. The molecule has 1 N–H and O–H groups in total. The quantitative estimate of drug-likeness (QED) is 0.720. The van der Waals surface area contributed by atoms with Gasteiger partial charge in [0.05, 0.1) is 0 Å². The van der Waals surface area contributed by atoms with Crippen LogP contribution < -0.4 is 0 Å². The van der Waals surface area contributed by atoms with Gasteiger partial charge in [0.15, 0.2) is 0 Å². The fourth-order valence-electron chi connectivity index (χ4n) is 2.95. The molecule has 3 rings (SSSR count). The molecule has 1 fully saturated rings. The topological polar surface area (TPSA) is 83.9 Å². The Kier molecular flexibility index (Phi) is 5.73. The van der Waals surface area contributed by atoms with Crippen LogP contribution in [0.3, 0.4) is 0 Å². The van der Waals surface area contributed by atoms with Crippen LogP contribution in [0.2, 0.25) is 0 Å². The summed E-state index contributed by atoms with van der Waals surface area (Å²) in [6, 6.07) is 9.89. The SMILES string of the molecule is O=C(OCc1ccccc1)[C@H]1C[C@H](Cc2cc(Br)cs2)C(=O)N1C(=O)O. The first-order chi connectivity index (χ1) is 12.5. The zero-order chi connectivity index (χ0) is 18.7. The van der Waals surface area contributed by atoms with Crippen molar-refractivity contribution < 1.29 is 24.2 Å². The molecule has 6 nitrogen and oxygen atoms in total. The number of hydrogen-bond donors (Lipinski definition) is 1. The number of hydrogen-bond acceptors (Lipinski definition) is 5. The molecule has 1 aromatic heterocycles. The van der Waals surface area contributed by atoms with Crippen molar-refractivity contribution in [3.05, 3.63) is 56.7 Å². The zero-order valence-electron chi connectivity index (χ0n) is 13.6. The van der Waals surface area contributed by atoms with Crippen molar-refractivity contribution in [2.24, 2.45) is 5.92 Å². The standard InChI is InChI=1S/C18H16BrNO5S/c19-13-8-14(26-10-13)6-12-7-15(20(16(12)21)18(23)24)17(22)25-9-11-4-2-1-3-5-11/h1-5,8,10,12,15H,6-7,9H2,(H,23,24)/t12-,15+/m0/s1. The average molecular weight is 438 g/mol. The second-order valence-electron chi connectivity index (χ2n) is 5.97. The van der Waals surface area contributed by atoms with Crippen LogP contribution >= 0.6 is 27.3 Å². The van der Waals surface area contributed by atoms with Gasteiger partial charge in [0, 0.05) is 20.6 Å². The molecular weight excluding hydrogens is 422 g/mol. The highest BCUT2D eigenvalue weighted by atomic mass is 79.9. The van der Waals surface area contributed by atoms with Crippen molar-refractivity contribution in [1.82, 2.24) is 4.90 Å². The molecule has 1 aliphatic rings. The number of carboxylic acid groups (broad SMARTS) is 1. The minimum atomic E-state index is -1.42. The molecule has 2 amide bonds. The van der Waals surface area contributed by atoms with Gasteiger partial charge >= 0.3 is 12.1 Å². The highest BCUT2D eigenvalue weighted by Gasteiger charge is 2.47. The minimum Gasteiger partial charge on any atom is -0.465 e. The summed E-state index contributed by atoms with van der Waals surface area (Å²) >= 11 is 4.84. The Morgan fingerprint density at radius 2 is 2.04 bits per heavy atom. The molecule has 0 saturated carbocycles. The summed E-state index contributed by atoms with van der Waals surface area (Å²) in [7, 11) is 0. The molecule has 2 aromatic rings. The summed E-state index contributed by atoms with van der Waals surface area (Å²) in [4.78, 5) is 37.9. The summed E-state index contributed by atoms with van der Waals surface area (Å²) in [5.41, 5.74) is 0.798. The Morgan fingerprint density at radius 1 is 1.31 bits per heavy atom. The van der Waals surface area contributed by atoms with Gasteiger partial charge in [-0.05, 0) is 40.4 Å². The van der Waals surface area contributed by atoms with Crippen molar-refractivity contribution in [1.29, 1.82) is 0 Å². The molecule has 136 valence electrons. The van der Waals surface area contributed by atoms with E-state index in [0.29, 0.717) is 11.3 Å². The third kappa shape index (κ3) is 4.13. The number of nitrogens with zero attached hydrogens (tertiary/aromatic N) is 1. The Labute approximate surface area is 162 Å². The van der Waals surface area contributed by atoms with Crippen LogP contribution in [0.1, 0.15) is 16.9 Å². The second kappa shape index (κ2) is 8.01. The number of carbonyl (C=O) groups excluding carboxylic acids is 2. The first-order valence-corrected chi connectivity index (χ1v) is 9.62. The molecule has 0 bridgehead atoms. The van der Waals surface area contributed by atoms with E-state index in [1.807, 2.05) is 29.6 Å². The van der Waals surface area contributed by atoms with Crippen LogP contribution in [0.4, 0.5) is 4.79 Å². The molecule has 26 heavy (non-hydrogen) atoms. The summed E-state index contributed by atoms with van der Waals surface area (Å²) in [5, 5.41) is 11.3. The van der Waals surface area contributed by atoms with Gasteiger partial charge in [-0.3, -0.25) is 4.79 Å². The predicted octanol–water partition coefficient (Wildman–Crippen LogP) is 3.69. The lowest BCUT2D eigenvalue weighted by Crippen LogP contribution is -2.43. The molecule has 8 heteroatoms. The van der Waals surface area contributed by atoms with Crippen molar-refractivity contribution in [3.8, 4) is 0 Å². The van der Waals surface area contributed by atoms with Gasteiger partial charge in [-0.1, -0.05) is 30.3 Å². The maximum Gasteiger partial charge on any atom is 0.414 e. The number of ether oxygens (including phenoxy) is 1. The number of halogens is 1. The lowest BCUT2D eigenvalue weighted by Gasteiger charge is -2.18. The number of imide groups is 1. The van der Waals surface area contributed by atoms with E-state index in [-0.39, 0.29) is 13.0 Å². The summed E-state index contributed by atoms with van der Waals surface area (Å²) in [6.07, 6.45) is -0.887. The molecule has 2 heterocycles. The molecule has 0 spiro atoms. The van der Waals surface area contributed by atoms with Crippen LogP contribution in [0.25, 0.3) is 0 Å². The second-order valence-corrected chi connectivity index (χ2v) is 7.88. The van der Waals surface area contributed by atoms with Crippen molar-refractivity contribution in [2.45, 2.75) is 25.5 Å². The van der Waals surface area contributed by atoms with E-state index in [0.717, 1.165) is 14.9 Å². The highest BCUT2D eigenvalue weighted by Crippen LogP contribution is 2.31. The number of amides is 2. The number of thiophene rings is 1. The van der Waals surface area contributed by atoms with Gasteiger partial charge in [0.2, 0.25) is 5.91 Å². The van der Waals surface area contributed by atoms with Crippen molar-refractivity contribution >= 4 is 45.2 Å². The Morgan fingerprint density at radius 3 is 2.65 bits per heavy atom. The van der Waals surface area contributed by atoms with Crippen molar-refractivity contribution in [2.75, 3.05) is 0 Å². The number of likely N-dealkylation sites (tertiary alicyclic amines) is 1. The van der Waals surface area contributed by atoms with Gasteiger partial charge in [0.25, 0.3) is 0 Å². The first-order valence-electron chi connectivity index (χ1n) is 7.95. The third-order valence-corrected chi connectivity index (χ3v) is 5.90. The van der Waals surface area contributed by atoms with Gasteiger partial charge in [-0.15, -0.1) is 11.3 Å². The number of esters is 1. The Balaban J connectivity index is 1.69. The smallest absolute Gasteiger partial charge is 0.414 e. The Hall–Kier alpha value is -2.19. The van der Waals surface area contributed by atoms with Gasteiger partial charge < -0.3 is 9.84 Å². The molecule has 0 aliphatic carbocycles. The molecule has 1 aromatic carbocycles. The third-order valence-electron chi connectivity index (χ3n) is 4.18. The van der Waals surface area contributed by atoms with E-state index in [1.54, 1.807) is 12.1 Å². The highest BCUT2D eigenvalue weighted by molar-refractivity contribution is 9.10. The van der Waals surface area contributed by atoms with E-state index < -0.39 is 29.9 Å². The van der Waals surface area contributed by atoms with Crippen LogP contribution in [-0.2, 0) is 27.4 Å². The van der Waals surface area contributed by atoms with Crippen LogP contribution in [0.5, 0.6) is 0 Å². The maximum atomic E-state index is 12.5. The largest absolute Gasteiger partial charge is 0.465 e. The van der Waals surface area contributed by atoms with Gasteiger partial charge in [0.1, 0.15) is 12.6 Å². The van der Waals surface area contributed by atoms with Crippen LogP contribution in [-0.4, -0.2) is 34.0 Å². The van der Waals surface area contributed by atoms with Crippen molar-refractivity contribution in [3.63, 3.8) is 0 Å². The summed E-state index contributed by atoms with van der Waals surface area (Å²) in [5.74, 6) is -1.80. The van der Waals surface area contributed by atoms with E-state index in [4.69, 9.17) is 4.74 Å². The normalized spacial score (nSPS) is 19.6. The zero-order valence-corrected chi connectivity index (χ0v) is 16.0. The fraction of sp³-hybridized carbons (Fsp3) is 0.278. The van der Waals surface area contributed by atoms with E-state index in [1.165, 1.54) is 11.3 Å². The molecule has 1 saturated heterocycles. The van der Waals surface area contributed by atoms with E-state index >= 15 is 0 Å². The maximum absolute atomic E-state index is 12.5. The summed E-state index contributed by atoms with van der Waals surface area (Å²) < 4.78 is 6.16. The van der Waals surface area contributed by atoms with Crippen LogP contribution in [0.15, 0.2) is 46.3 Å². The monoisotopic (exact) mass is 437 g/mol. The van der Waals surface area contributed by atoms with E-state index in [2.05, 4.69) is 15.9 Å². The lowest BCUT2D eigenvalue weighted by molar-refractivity contribution is -0.152. The number of carbonyl (C=O) groups is 3. The molecule has 2 atom stereocenters. The molecule has 0 unspecified atom stereocenters. The molecule has 1 aliphatic heterocycles. The van der Waals surface area contributed by atoms with Gasteiger partial charge in [-0.25, -0.2) is 14.5 Å². The van der Waals surface area contributed by atoms with E-state index in [9.17, 15) is 19.5 Å². The van der Waals surface area contributed by atoms with Gasteiger partial charge in [-0.2, -0.15) is 0 Å².